The van der Waals surface area contributed by atoms with Gasteiger partial charge in [-0.15, -0.1) is 0 Å². The maximum absolute atomic E-state index is 11.6. The van der Waals surface area contributed by atoms with Gasteiger partial charge in [-0.05, 0) is 38.0 Å². The van der Waals surface area contributed by atoms with Crippen molar-refractivity contribution in [2.24, 2.45) is 0 Å². The van der Waals surface area contributed by atoms with Gasteiger partial charge in [0.25, 0.3) is 0 Å². The Hall–Kier alpha value is -1.82. The zero-order chi connectivity index (χ0) is 13.9. The first-order chi connectivity index (χ1) is 9.74. The number of rotatable bonds is 6. The van der Waals surface area contributed by atoms with E-state index in [1.807, 2.05) is 25.1 Å². The third-order valence-corrected chi connectivity index (χ3v) is 3.99. The van der Waals surface area contributed by atoms with Crippen LogP contribution in [0.3, 0.4) is 0 Å². The number of thiazole rings is 1. The molecular formula is C14H17N3O2S. The highest BCUT2D eigenvalue weighted by Crippen LogP contribution is 2.29. The Labute approximate surface area is 121 Å². The fraction of sp³-hybridized carbons (Fsp3) is 0.429. The number of benzene rings is 1. The summed E-state index contributed by atoms with van der Waals surface area (Å²) in [5, 5.41) is 6.78. The van der Waals surface area contributed by atoms with Crippen molar-refractivity contribution in [1.82, 2.24) is 10.3 Å². The molecule has 1 aliphatic carbocycles. The van der Waals surface area contributed by atoms with Crippen molar-refractivity contribution in [2.45, 2.75) is 25.8 Å². The van der Waals surface area contributed by atoms with Crippen molar-refractivity contribution in [3.8, 4) is 5.75 Å². The number of nitrogens with one attached hydrogen (secondary N) is 2. The molecule has 0 radical (unpaired) electrons. The maximum atomic E-state index is 11.6. The number of nitrogens with zero attached hydrogens (tertiary/aromatic N) is 1. The van der Waals surface area contributed by atoms with Crippen LogP contribution >= 0.6 is 11.3 Å². The Kier molecular flexibility index (Phi) is 3.73. The van der Waals surface area contributed by atoms with E-state index in [2.05, 4.69) is 15.6 Å². The van der Waals surface area contributed by atoms with Crippen molar-refractivity contribution in [2.75, 3.05) is 18.5 Å². The molecule has 1 aliphatic rings. The van der Waals surface area contributed by atoms with Crippen LogP contribution in [0.5, 0.6) is 5.75 Å². The van der Waals surface area contributed by atoms with Crippen LogP contribution in [0.25, 0.3) is 10.2 Å². The summed E-state index contributed by atoms with van der Waals surface area (Å²) in [6.45, 7) is 2.88. The molecule has 20 heavy (non-hydrogen) atoms. The van der Waals surface area contributed by atoms with E-state index in [0.29, 0.717) is 12.6 Å². The van der Waals surface area contributed by atoms with Crippen LogP contribution in [0.2, 0.25) is 0 Å². The number of carbonyl (C=O) groups excluding carboxylic acids is 1. The molecule has 1 saturated carbocycles. The largest absolute Gasteiger partial charge is 0.494 e. The summed E-state index contributed by atoms with van der Waals surface area (Å²) >= 11 is 1.53. The van der Waals surface area contributed by atoms with Gasteiger partial charge in [0.1, 0.15) is 5.75 Å². The molecule has 106 valence electrons. The number of anilines is 1. The van der Waals surface area contributed by atoms with E-state index < -0.39 is 0 Å². The third-order valence-electron chi connectivity index (χ3n) is 3.01. The predicted molar refractivity (Wildman–Crippen MR) is 80.4 cm³/mol. The highest BCUT2D eigenvalue weighted by Gasteiger charge is 2.22. The molecule has 0 bridgehead atoms. The number of aromatic nitrogens is 1. The summed E-state index contributed by atoms with van der Waals surface area (Å²) in [7, 11) is 0. The quantitative estimate of drug-likeness (QED) is 0.858. The normalized spacial score (nSPS) is 14.2. The second-order valence-corrected chi connectivity index (χ2v) is 5.81. The minimum atomic E-state index is 0.0294. The van der Waals surface area contributed by atoms with E-state index in [-0.39, 0.29) is 12.5 Å². The van der Waals surface area contributed by atoms with Crippen LogP contribution in [-0.2, 0) is 4.79 Å². The lowest BCUT2D eigenvalue weighted by molar-refractivity contribution is -0.119. The molecule has 1 heterocycles. The smallest absolute Gasteiger partial charge is 0.239 e. The number of carbonyl (C=O) groups is 1. The number of hydrogen-bond acceptors (Lipinski definition) is 5. The summed E-state index contributed by atoms with van der Waals surface area (Å²) in [4.78, 5) is 16.1. The third kappa shape index (κ3) is 3.19. The molecule has 0 aliphatic heterocycles. The second-order valence-electron chi connectivity index (χ2n) is 4.78. The van der Waals surface area contributed by atoms with Crippen molar-refractivity contribution in [1.29, 1.82) is 0 Å². The maximum Gasteiger partial charge on any atom is 0.239 e. The highest BCUT2D eigenvalue weighted by molar-refractivity contribution is 7.22. The number of ether oxygens (including phenoxy) is 1. The van der Waals surface area contributed by atoms with Crippen molar-refractivity contribution in [3.05, 3.63) is 18.2 Å². The number of hydrogen-bond donors (Lipinski definition) is 2. The van der Waals surface area contributed by atoms with E-state index in [1.165, 1.54) is 11.3 Å². The van der Waals surface area contributed by atoms with Crippen LogP contribution in [0, 0.1) is 0 Å². The first kappa shape index (κ1) is 13.2. The first-order valence-electron chi connectivity index (χ1n) is 6.81. The second kappa shape index (κ2) is 5.66. The molecule has 5 nitrogen and oxygen atoms in total. The Morgan fingerprint density at radius 1 is 1.50 bits per heavy atom. The summed E-state index contributed by atoms with van der Waals surface area (Å²) in [5.74, 6) is 0.878. The van der Waals surface area contributed by atoms with E-state index in [1.54, 1.807) is 0 Å². The average Bonchev–Trinajstić information content (AvgIpc) is 3.14. The van der Waals surface area contributed by atoms with Gasteiger partial charge in [0, 0.05) is 6.04 Å². The van der Waals surface area contributed by atoms with Gasteiger partial charge >= 0.3 is 0 Å². The van der Waals surface area contributed by atoms with E-state index in [4.69, 9.17) is 4.74 Å². The summed E-state index contributed by atoms with van der Waals surface area (Å²) in [5.41, 5.74) is 0.920. The monoisotopic (exact) mass is 291 g/mol. The van der Waals surface area contributed by atoms with Crippen molar-refractivity contribution < 1.29 is 9.53 Å². The topological polar surface area (TPSA) is 63.2 Å². The van der Waals surface area contributed by atoms with Crippen LogP contribution in [0.4, 0.5) is 5.13 Å². The molecule has 0 unspecified atom stereocenters. The minimum Gasteiger partial charge on any atom is -0.494 e. The Morgan fingerprint density at radius 2 is 2.35 bits per heavy atom. The van der Waals surface area contributed by atoms with E-state index in [9.17, 15) is 4.79 Å². The first-order valence-corrected chi connectivity index (χ1v) is 7.63. The van der Waals surface area contributed by atoms with E-state index in [0.717, 1.165) is 33.9 Å². The van der Waals surface area contributed by atoms with Crippen LogP contribution in [0.1, 0.15) is 19.8 Å². The predicted octanol–water partition coefficient (Wildman–Crippen LogP) is 2.39. The molecule has 0 atom stereocenters. The molecule has 1 aromatic heterocycles. The minimum absolute atomic E-state index is 0.0294. The van der Waals surface area contributed by atoms with Crippen molar-refractivity contribution >= 4 is 32.6 Å². The molecule has 6 heteroatoms. The van der Waals surface area contributed by atoms with Crippen LogP contribution in [-0.4, -0.2) is 30.1 Å². The lowest BCUT2D eigenvalue weighted by Crippen LogP contribution is -2.31. The average molecular weight is 291 g/mol. The molecule has 2 N–H and O–H groups in total. The van der Waals surface area contributed by atoms with Gasteiger partial charge in [0.05, 0.1) is 23.4 Å². The molecule has 3 rings (SSSR count). The lowest BCUT2D eigenvalue weighted by atomic mass is 10.3. The molecule has 0 spiro atoms. The molecule has 1 amide bonds. The fourth-order valence-electron chi connectivity index (χ4n) is 1.90. The zero-order valence-corrected chi connectivity index (χ0v) is 12.1. The SMILES string of the molecule is CCOc1ccc2nc(NCC(=O)NC3CC3)sc2c1. The van der Waals surface area contributed by atoms with Crippen LogP contribution < -0.4 is 15.4 Å². The Morgan fingerprint density at radius 3 is 3.10 bits per heavy atom. The number of amides is 1. The highest BCUT2D eigenvalue weighted by atomic mass is 32.1. The van der Waals surface area contributed by atoms with Gasteiger partial charge in [0.2, 0.25) is 5.91 Å². The molecule has 2 aromatic rings. The Bertz CT molecular complexity index is 622. The van der Waals surface area contributed by atoms with E-state index >= 15 is 0 Å². The summed E-state index contributed by atoms with van der Waals surface area (Å²) < 4.78 is 6.52. The standard InChI is InChI=1S/C14H17N3O2S/c1-2-19-10-5-6-11-12(7-10)20-14(17-11)15-8-13(18)16-9-3-4-9/h5-7,9H,2-4,8H2,1H3,(H,15,17)(H,16,18). The Balaban J connectivity index is 1.64. The van der Waals surface area contributed by atoms with Gasteiger partial charge in [-0.1, -0.05) is 11.3 Å². The van der Waals surface area contributed by atoms with Crippen molar-refractivity contribution in [3.63, 3.8) is 0 Å². The summed E-state index contributed by atoms with van der Waals surface area (Å²) in [6.07, 6.45) is 2.21. The molecular weight excluding hydrogens is 274 g/mol. The van der Waals surface area contributed by atoms with Crippen LogP contribution in [0.15, 0.2) is 18.2 Å². The number of fused-ring (bicyclic) bond motifs is 1. The fourth-order valence-corrected chi connectivity index (χ4v) is 2.79. The van der Waals surface area contributed by atoms with Gasteiger partial charge in [0.15, 0.2) is 5.13 Å². The van der Waals surface area contributed by atoms with Gasteiger partial charge in [-0.3, -0.25) is 4.79 Å². The zero-order valence-electron chi connectivity index (χ0n) is 11.3. The molecule has 1 aromatic carbocycles. The van der Waals surface area contributed by atoms with Gasteiger partial charge in [-0.25, -0.2) is 4.98 Å². The van der Waals surface area contributed by atoms with Gasteiger partial charge in [-0.2, -0.15) is 0 Å². The van der Waals surface area contributed by atoms with Gasteiger partial charge < -0.3 is 15.4 Å². The molecule has 1 fully saturated rings. The molecule has 0 saturated heterocycles. The summed E-state index contributed by atoms with van der Waals surface area (Å²) in [6, 6.07) is 6.22. The lowest BCUT2D eigenvalue weighted by Gasteiger charge is -2.03.